The molecule has 3 rings (SSSR count). The van der Waals surface area contributed by atoms with Gasteiger partial charge < -0.3 is 19.8 Å². The molecule has 3 aromatic rings. The van der Waals surface area contributed by atoms with Crippen molar-refractivity contribution in [3.8, 4) is 17.3 Å². The van der Waals surface area contributed by atoms with E-state index >= 15 is 0 Å². The number of aliphatic imine (C=N–C) groups is 1. The molecule has 3 N–H and O–H groups in total. The molecule has 1 aromatic carbocycles. The number of hydrogen-bond donors (Lipinski definition) is 3. The minimum atomic E-state index is 0. The monoisotopic (exact) mass is 538 g/mol. The van der Waals surface area contributed by atoms with Crippen LogP contribution in [-0.2, 0) is 12.8 Å². The number of nitrogens with zero attached hydrogens (tertiary/aromatic N) is 3. The molecule has 31 heavy (non-hydrogen) atoms. The molecular weight excluding hydrogens is 507 g/mol. The van der Waals surface area contributed by atoms with E-state index in [0.29, 0.717) is 18.1 Å². The molecule has 0 atom stereocenters. The van der Waals surface area contributed by atoms with Crippen molar-refractivity contribution in [2.45, 2.75) is 32.6 Å². The Kier molecular flexibility index (Phi) is 10.9. The highest BCUT2D eigenvalue weighted by Gasteiger charge is 2.08. The number of hydrogen-bond acceptors (Lipinski definition) is 5. The number of H-pyrrole nitrogens is 1. The summed E-state index contributed by atoms with van der Waals surface area (Å²) in [6.45, 7) is 4.39. The first-order valence-electron chi connectivity index (χ1n) is 10.4. The standard InChI is InChI=1S/C22H30N6O2.HI/c1-3-23-22(24-14-5-4-7-17-9-11-18(29-2)12-10-17)25-15-13-20-26-21(28-27-20)19-8-6-16-30-19;/h6,8-12,16H,3-5,7,13-15H2,1-2H3,(H2,23,24,25)(H,26,27,28);1H. The van der Waals surface area contributed by atoms with Crippen molar-refractivity contribution in [3.63, 3.8) is 0 Å². The van der Waals surface area contributed by atoms with E-state index < -0.39 is 0 Å². The van der Waals surface area contributed by atoms with Crippen LogP contribution in [0.3, 0.4) is 0 Å². The third-order valence-electron chi connectivity index (χ3n) is 4.57. The van der Waals surface area contributed by atoms with Gasteiger partial charge >= 0.3 is 0 Å². The van der Waals surface area contributed by atoms with E-state index in [9.17, 15) is 0 Å². The van der Waals surface area contributed by atoms with E-state index in [0.717, 1.165) is 56.3 Å². The molecule has 0 unspecified atom stereocenters. The summed E-state index contributed by atoms with van der Waals surface area (Å²) in [5, 5.41) is 13.8. The molecule has 2 heterocycles. The summed E-state index contributed by atoms with van der Waals surface area (Å²) in [5.41, 5.74) is 1.32. The van der Waals surface area contributed by atoms with Gasteiger partial charge in [-0.2, -0.15) is 5.10 Å². The number of aryl methyl sites for hydroxylation is 1. The smallest absolute Gasteiger partial charge is 0.216 e. The molecule has 0 radical (unpaired) electrons. The van der Waals surface area contributed by atoms with E-state index in [-0.39, 0.29) is 24.0 Å². The van der Waals surface area contributed by atoms with Gasteiger partial charge in [-0.05, 0) is 56.0 Å². The number of benzene rings is 1. The van der Waals surface area contributed by atoms with E-state index in [2.05, 4.69) is 49.9 Å². The molecule has 0 bridgehead atoms. The predicted molar refractivity (Wildman–Crippen MR) is 133 cm³/mol. The Morgan fingerprint density at radius 3 is 2.68 bits per heavy atom. The van der Waals surface area contributed by atoms with Crippen LogP contribution < -0.4 is 15.4 Å². The van der Waals surface area contributed by atoms with Crippen molar-refractivity contribution in [1.82, 2.24) is 25.8 Å². The van der Waals surface area contributed by atoms with Crippen LogP contribution in [0.25, 0.3) is 11.6 Å². The molecule has 0 spiro atoms. The Bertz CT molecular complexity index is 893. The third kappa shape index (κ3) is 8.23. The van der Waals surface area contributed by atoms with E-state index in [1.165, 1.54) is 5.56 Å². The Morgan fingerprint density at radius 2 is 1.97 bits per heavy atom. The lowest BCUT2D eigenvalue weighted by atomic mass is 10.1. The summed E-state index contributed by atoms with van der Waals surface area (Å²) in [5.74, 6) is 3.77. The molecule has 0 amide bonds. The molecular formula is C22H31IN6O2. The highest BCUT2D eigenvalue weighted by molar-refractivity contribution is 14.0. The second kappa shape index (κ2) is 13.7. The lowest BCUT2D eigenvalue weighted by Gasteiger charge is -2.10. The van der Waals surface area contributed by atoms with Gasteiger partial charge in [0.1, 0.15) is 11.6 Å². The van der Waals surface area contributed by atoms with Crippen molar-refractivity contribution in [1.29, 1.82) is 0 Å². The number of guanidine groups is 1. The van der Waals surface area contributed by atoms with Crippen LogP contribution in [0, 0.1) is 0 Å². The Morgan fingerprint density at radius 1 is 1.13 bits per heavy atom. The van der Waals surface area contributed by atoms with Gasteiger partial charge in [-0.3, -0.25) is 10.1 Å². The van der Waals surface area contributed by atoms with Crippen LogP contribution in [0.5, 0.6) is 5.75 Å². The Labute approximate surface area is 200 Å². The normalized spacial score (nSPS) is 11.1. The van der Waals surface area contributed by atoms with Crippen LogP contribution in [0.4, 0.5) is 0 Å². The minimum absolute atomic E-state index is 0. The Hall–Kier alpha value is -2.56. The summed E-state index contributed by atoms with van der Waals surface area (Å²) in [4.78, 5) is 9.12. The first-order valence-corrected chi connectivity index (χ1v) is 10.4. The molecule has 8 nitrogen and oxygen atoms in total. The van der Waals surface area contributed by atoms with Crippen molar-refractivity contribution < 1.29 is 9.15 Å². The molecule has 9 heteroatoms. The van der Waals surface area contributed by atoms with Crippen LogP contribution >= 0.6 is 24.0 Å². The number of ether oxygens (including phenoxy) is 1. The summed E-state index contributed by atoms with van der Waals surface area (Å²) in [7, 11) is 1.69. The molecule has 0 saturated heterocycles. The minimum Gasteiger partial charge on any atom is -0.497 e. The summed E-state index contributed by atoms with van der Waals surface area (Å²) >= 11 is 0. The zero-order valence-electron chi connectivity index (χ0n) is 18.1. The predicted octanol–water partition coefficient (Wildman–Crippen LogP) is 3.81. The van der Waals surface area contributed by atoms with Gasteiger partial charge in [0, 0.05) is 26.1 Å². The highest BCUT2D eigenvalue weighted by atomic mass is 127. The average Bonchev–Trinajstić information content (AvgIpc) is 3.46. The van der Waals surface area contributed by atoms with Crippen molar-refractivity contribution in [2.75, 3.05) is 26.7 Å². The molecule has 168 valence electrons. The molecule has 2 aromatic heterocycles. The number of aromatic amines is 1. The summed E-state index contributed by atoms with van der Waals surface area (Å²) in [6.07, 6.45) is 5.52. The van der Waals surface area contributed by atoms with E-state index in [4.69, 9.17) is 9.15 Å². The van der Waals surface area contributed by atoms with E-state index in [1.807, 2.05) is 24.3 Å². The SMILES string of the molecule is CCNC(=NCCCCc1ccc(OC)cc1)NCCc1nc(-c2ccco2)n[nH]1.I. The molecule has 0 aliphatic rings. The first-order chi connectivity index (χ1) is 14.8. The number of methoxy groups -OCH3 is 1. The van der Waals surface area contributed by atoms with Crippen LogP contribution in [0.2, 0.25) is 0 Å². The maximum Gasteiger partial charge on any atom is 0.216 e. The van der Waals surface area contributed by atoms with Crippen LogP contribution in [-0.4, -0.2) is 47.9 Å². The average molecular weight is 538 g/mol. The van der Waals surface area contributed by atoms with Crippen molar-refractivity contribution in [3.05, 3.63) is 54.0 Å². The van der Waals surface area contributed by atoms with E-state index in [1.54, 1.807) is 13.4 Å². The van der Waals surface area contributed by atoms with Gasteiger partial charge in [0.15, 0.2) is 11.7 Å². The lowest BCUT2D eigenvalue weighted by Crippen LogP contribution is -2.38. The van der Waals surface area contributed by atoms with Crippen LogP contribution in [0.1, 0.15) is 31.2 Å². The second-order valence-electron chi connectivity index (χ2n) is 6.83. The molecule has 0 aliphatic carbocycles. The lowest BCUT2D eigenvalue weighted by molar-refractivity contribution is 0.414. The van der Waals surface area contributed by atoms with Gasteiger partial charge in [-0.15, -0.1) is 24.0 Å². The topological polar surface area (TPSA) is 100 Å². The maximum atomic E-state index is 5.31. The highest BCUT2D eigenvalue weighted by Crippen LogP contribution is 2.14. The van der Waals surface area contributed by atoms with Crippen molar-refractivity contribution >= 4 is 29.9 Å². The number of unbranched alkanes of at least 4 members (excludes halogenated alkanes) is 1. The number of halogens is 1. The summed E-state index contributed by atoms with van der Waals surface area (Å²) in [6, 6.07) is 11.9. The maximum absolute atomic E-state index is 5.31. The Balaban J connectivity index is 0.00000341. The van der Waals surface area contributed by atoms with Gasteiger partial charge in [-0.25, -0.2) is 4.98 Å². The van der Waals surface area contributed by atoms with Gasteiger partial charge in [0.05, 0.1) is 13.4 Å². The van der Waals surface area contributed by atoms with Gasteiger partial charge in [-0.1, -0.05) is 12.1 Å². The largest absolute Gasteiger partial charge is 0.497 e. The van der Waals surface area contributed by atoms with Gasteiger partial charge in [0.2, 0.25) is 5.82 Å². The number of furan rings is 1. The van der Waals surface area contributed by atoms with Crippen molar-refractivity contribution in [2.24, 2.45) is 4.99 Å². The zero-order valence-corrected chi connectivity index (χ0v) is 20.4. The zero-order chi connectivity index (χ0) is 21.0. The molecule has 0 saturated carbocycles. The summed E-state index contributed by atoms with van der Waals surface area (Å²) < 4.78 is 10.5. The fourth-order valence-electron chi connectivity index (χ4n) is 2.99. The number of aromatic nitrogens is 3. The second-order valence-corrected chi connectivity index (χ2v) is 6.83. The van der Waals surface area contributed by atoms with Crippen LogP contribution in [0.15, 0.2) is 52.1 Å². The number of rotatable bonds is 11. The van der Waals surface area contributed by atoms with Gasteiger partial charge in [0.25, 0.3) is 0 Å². The molecule has 0 aliphatic heterocycles. The first kappa shape index (κ1) is 24.7. The fourth-order valence-corrected chi connectivity index (χ4v) is 2.99. The number of nitrogens with one attached hydrogen (secondary N) is 3. The quantitative estimate of drug-likeness (QED) is 0.149. The third-order valence-corrected chi connectivity index (χ3v) is 4.57. The molecule has 0 fully saturated rings. The fraction of sp³-hybridized carbons (Fsp3) is 0.409.